The van der Waals surface area contributed by atoms with Crippen molar-refractivity contribution in [1.29, 1.82) is 0 Å². The molecular weight excluding hydrogens is 310 g/mol. The molecule has 6 nitrogen and oxygen atoms in total. The van der Waals surface area contributed by atoms with Crippen LogP contribution >= 0.6 is 0 Å². The Bertz CT molecular complexity index is 843. The van der Waals surface area contributed by atoms with Crippen LogP contribution in [0.2, 0.25) is 0 Å². The molecule has 0 aromatic heterocycles. The Balaban J connectivity index is 1.89. The fourth-order valence-electron chi connectivity index (χ4n) is 2.57. The summed E-state index contributed by atoms with van der Waals surface area (Å²) < 4.78 is 10.5. The molecule has 2 aromatic carbocycles. The Hall–Kier alpha value is -3.15. The minimum absolute atomic E-state index is 0.193. The molecule has 0 atom stereocenters. The standard InChI is InChI=1S/C18H15NO5/c1-3-19-16(20)12-9-8-11(10-13(12)17(19)21)18(22)24-15-7-5-4-6-14(15)23-2/h4-10H,3H2,1-2H3. The minimum Gasteiger partial charge on any atom is -0.493 e. The molecule has 1 aliphatic heterocycles. The number of benzene rings is 2. The molecule has 0 bridgehead atoms. The van der Waals surface area contributed by atoms with E-state index < -0.39 is 11.9 Å². The summed E-state index contributed by atoms with van der Waals surface area (Å²) in [6, 6.07) is 11.1. The van der Waals surface area contributed by atoms with Crippen molar-refractivity contribution >= 4 is 17.8 Å². The fraction of sp³-hybridized carbons (Fsp3) is 0.167. The van der Waals surface area contributed by atoms with Gasteiger partial charge in [-0.3, -0.25) is 14.5 Å². The normalized spacial score (nSPS) is 13.0. The summed E-state index contributed by atoms with van der Waals surface area (Å²) in [6.07, 6.45) is 0. The lowest BCUT2D eigenvalue weighted by Gasteiger charge is -2.09. The number of ether oxygens (including phenoxy) is 2. The average molecular weight is 325 g/mol. The molecule has 122 valence electrons. The van der Waals surface area contributed by atoms with Crippen molar-refractivity contribution in [2.24, 2.45) is 0 Å². The molecule has 6 heteroatoms. The van der Waals surface area contributed by atoms with Crippen molar-refractivity contribution in [1.82, 2.24) is 4.90 Å². The van der Waals surface area contributed by atoms with E-state index in [9.17, 15) is 14.4 Å². The van der Waals surface area contributed by atoms with Crippen LogP contribution in [0.25, 0.3) is 0 Å². The first kappa shape index (κ1) is 15.7. The summed E-state index contributed by atoms with van der Waals surface area (Å²) in [6.45, 7) is 2.01. The maximum atomic E-state index is 12.3. The Morgan fingerprint density at radius 1 is 1.00 bits per heavy atom. The number of amides is 2. The Morgan fingerprint density at radius 3 is 2.33 bits per heavy atom. The maximum absolute atomic E-state index is 12.3. The van der Waals surface area contributed by atoms with Crippen LogP contribution in [0.3, 0.4) is 0 Å². The summed E-state index contributed by atoms with van der Waals surface area (Å²) in [5.74, 6) is -0.664. The number of fused-ring (bicyclic) bond motifs is 1. The van der Waals surface area contributed by atoms with Gasteiger partial charge in [-0.05, 0) is 37.3 Å². The average Bonchev–Trinajstić information content (AvgIpc) is 2.85. The second kappa shape index (κ2) is 6.16. The van der Waals surface area contributed by atoms with Crippen LogP contribution in [0.5, 0.6) is 11.5 Å². The molecule has 0 spiro atoms. The summed E-state index contributed by atoms with van der Waals surface area (Å²) in [5.41, 5.74) is 0.714. The van der Waals surface area contributed by atoms with Crippen LogP contribution in [-0.2, 0) is 0 Å². The van der Waals surface area contributed by atoms with Crippen LogP contribution in [0.1, 0.15) is 38.0 Å². The van der Waals surface area contributed by atoms with E-state index in [1.54, 1.807) is 31.2 Å². The lowest BCUT2D eigenvalue weighted by Crippen LogP contribution is -2.29. The number of hydrogen-bond donors (Lipinski definition) is 0. The van der Waals surface area contributed by atoms with Crippen LogP contribution in [-0.4, -0.2) is 36.3 Å². The largest absolute Gasteiger partial charge is 0.493 e. The van der Waals surface area contributed by atoms with E-state index in [-0.39, 0.29) is 29.3 Å². The number of carbonyl (C=O) groups excluding carboxylic acids is 3. The van der Waals surface area contributed by atoms with E-state index in [2.05, 4.69) is 0 Å². The van der Waals surface area contributed by atoms with Crippen molar-refractivity contribution < 1.29 is 23.9 Å². The van der Waals surface area contributed by atoms with Gasteiger partial charge in [0, 0.05) is 6.54 Å². The molecule has 24 heavy (non-hydrogen) atoms. The Kier molecular flexibility index (Phi) is 4.04. The van der Waals surface area contributed by atoms with Crippen molar-refractivity contribution in [2.45, 2.75) is 6.92 Å². The monoisotopic (exact) mass is 325 g/mol. The first-order chi connectivity index (χ1) is 11.6. The number of methoxy groups -OCH3 is 1. The lowest BCUT2D eigenvalue weighted by atomic mass is 10.1. The topological polar surface area (TPSA) is 72.9 Å². The van der Waals surface area contributed by atoms with Gasteiger partial charge in [0.15, 0.2) is 11.5 Å². The first-order valence-corrected chi connectivity index (χ1v) is 7.42. The quantitative estimate of drug-likeness (QED) is 0.491. The van der Waals surface area contributed by atoms with Crippen molar-refractivity contribution in [2.75, 3.05) is 13.7 Å². The van der Waals surface area contributed by atoms with E-state index >= 15 is 0 Å². The second-order valence-corrected chi connectivity index (χ2v) is 5.16. The van der Waals surface area contributed by atoms with Crippen LogP contribution < -0.4 is 9.47 Å². The Morgan fingerprint density at radius 2 is 1.67 bits per heavy atom. The van der Waals surface area contributed by atoms with Crippen LogP contribution in [0, 0.1) is 0 Å². The number of hydrogen-bond acceptors (Lipinski definition) is 5. The number of para-hydroxylation sites is 2. The predicted molar refractivity (Wildman–Crippen MR) is 85.4 cm³/mol. The highest BCUT2D eigenvalue weighted by atomic mass is 16.6. The van der Waals surface area contributed by atoms with Gasteiger partial charge in [0.25, 0.3) is 11.8 Å². The third-order valence-electron chi connectivity index (χ3n) is 3.79. The number of imide groups is 1. The van der Waals surface area contributed by atoms with Gasteiger partial charge in [-0.15, -0.1) is 0 Å². The van der Waals surface area contributed by atoms with Crippen LogP contribution in [0.15, 0.2) is 42.5 Å². The summed E-state index contributed by atoms with van der Waals surface area (Å²) in [7, 11) is 1.48. The van der Waals surface area contributed by atoms with Gasteiger partial charge in [0.05, 0.1) is 23.8 Å². The zero-order valence-electron chi connectivity index (χ0n) is 13.2. The molecule has 0 N–H and O–H groups in total. The lowest BCUT2D eigenvalue weighted by molar-refractivity contribution is 0.0662. The molecule has 2 aromatic rings. The zero-order chi connectivity index (χ0) is 17.3. The van der Waals surface area contributed by atoms with Gasteiger partial charge < -0.3 is 9.47 Å². The van der Waals surface area contributed by atoms with E-state index in [0.717, 1.165) is 4.90 Å². The molecule has 1 heterocycles. The summed E-state index contributed by atoms with van der Waals surface area (Å²) in [4.78, 5) is 37.7. The van der Waals surface area contributed by atoms with E-state index in [1.807, 2.05) is 0 Å². The van der Waals surface area contributed by atoms with Crippen LogP contribution in [0.4, 0.5) is 0 Å². The van der Waals surface area contributed by atoms with Crippen molar-refractivity contribution in [3.63, 3.8) is 0 Å². The molecule has 3 rings (SSSR count). The van der Waals surface area contributed by atoms with Gasteiger partial charge in [0.1, 0.15) is 0 Å². The highest BCUT2D eigenvalue weighted by Crippen LogP contribution is 2.28. The summed E-state index contributed by atoms with van der Waals surface area (Å²) >= 11 is 0. The minimum atomic E-state index is -0.627. The van der Waals surface area contributed by atoms with Gasteiger partial charge in [-0.1, -0.05) is 12.1 Å². The molecule has 0 radical (unpaired) electrons. The Labute approximate surface area is 138 Å². The molecule has 0 aliphatic carbocycles. The van der Waals surface area contributed by atoms with E-state index in [1.165, 1.54) is 25.3 Å². The molecule has 0 fully saturated rings. The van der Waals surface area contributed by atoms with Gasteiger partial charge in [-0.2, -0.15) is 0 Å². The highest BCUT2D eigenvalue weighted by Gasteiger charge is 2.35. The third kappa shape index (κ3) is 2.52. The molecule has 1 aliphatic rings. The number of nitrogens with zero attached hydrogens (tertiary/aromatic N) is 1. The SMILES string of the molecule is CCN1C(=O)c2ccc(C(=O)Oc3ccccc3OC)cc2C1=O. The van der Waals surface area contributed by atoms with Crippen molar-refractivity contribution in [3.05, 3.63) is 59.2 Å². The first-order valence-electron chi connectivity index (χ1n) is 7.42. The van der Waals surface area contributed by atoms with Gasteiger partial charge >= 0.3 is 5.97 Å². The fourth-order valence-corrected chi connectivity index (χ4v) is 2.57. The molecule has 2 amide bonds. The molecule has 0 unspecified atom stereocenters. The molecule has 0 saturated carbocycles. The highest BCUT2D eigenvalue weighted by molar-refractivity contribution is 6.21. The second-order valence-electron chi connectivity index (χ2n) is 5.16. The summed E-state index contributed by atoms with van der Waals surface area (Å²) in [5, 5.41) is 0. The predicted octanol–water partition coefficient (Wildman–Crippen LogP) is 2.53. The number of carbonyl (C=O) groups is 3. The number of rotatable bonds is 4. The van der Waals surface area contributed by atoms with Crippen molar-refractivity contribution in [3.8, 4) is 11.5 Å². The molecule has 0 saturated heterocycles. The number of esters is 1. The van der Waals surface area contributed by atoms with Gasteiger partial charge in [0.2, 0.25) is 0 Å². The zero-order valence-corrected chi connectivity index (χ0v) is 13.2. The smallest absolute Gasteiger partial charge is 0.343 e. The van der Waals surface area contributed by atoms with E-state index in [0.29, 0.717) is 11.3 Å². The molecular formula is C18H15NO5. The third-order valence-corrected chi connectivity index (χ3v) is 3.79. The van der Waals surface area contributed by atoms with E-state index in [4.69, 9.17) is 9.47 Å². The van der Waals surface area contributed by atoms with Gasteiger partial charge in [-0.25, -0.2) is 4.79 Å². The maximum Gasteiger partial charge on any atom is 0.343 e.